The summed E-state index contributed by atoms with van der Waals surface area (Å²) in [5.74, 6) is 0. The molecule has 0 atom stereocenters. The summed E-state index contributed by atoms with van der Waals surface area (Å²) in [5.41, 5.74) is 6.59. The van der Waals surface area contributed by atoms with Crippen LogP contribution in [0.1, 0.15) is 32.6 Å². The van der Waals surface area contributed by atoms with E-state index in [0.717, 1.165) is 12.8 Å². The number of carbonyl (C=O) groups excluding carboxylic acids is 1. The van der Waals surface area contributed by atoms with E-state index in [9.17, 15) is 4.79 Å². The van der Waals surface area contributed by atoms with Gasteiger partial charge in [0.1, 0.15) is 0 Å². The second-order valence-corrected chi connectivity index (χ2v) is 4.82. The van der Waals surface area contributed by atoms with Gasteiger partial charge in [0.2, 0.25) is 0 Å². The molecule has 0 aromatic heterocycles. The van der Waals surface area contributed by atoms with Gasteiger partial charge in [-0.15, -0.1) is 0 Å². The van der Waals surface area contributed by atoms with Crippen LogP contribution in [0, 0.1) is 5.53 Å². The molecule has 0 aromatic rings. The number of halogens is 1. The van der Waals surface area contributed by atoms with Gasteiger partial charge in [-0.1, -0.05) is 0 Å². The average molecular weight is 312 g/mol. The molecule has 0 aromatic carbocycles. The summed E-state index contributed by atoms with van der Waals surface area (Å²) in [7, 11) is 0. The molecule has 0 aliphatic heterocycles. The normalized spacial score (nSPS) is 9.57. The first kappa shape index (κ1) is 13.5. The predicted octanol–water partition coefficient (Wildman–Crippen LogP) is -0.827. The topological polar surface area (TPSA) is 70.6 Å². The zero-order chi connectivity index (χ0) is 10.8. The molecule has 0 aliphatic carbocycles. The fourth-order valence-corrected chi connectivity index (χ4v) is 1.90. The first-order chi connectivity index (χ1) is 6.76. The van der Waals surface area contributed by atoms with Crippen molar-refractivity contribution in [3.8, 4) is 0 Å². The van der Waals surface area contributed by atoms with E-state index in [2.05, 4.69) is 17.1 Å². The molecule has 0 rings (SSSR count). The van der Waals surface area contributed by atoms with Crippen LogP contribution in [0.3, 0.4) is 0 Å². The fraction of sp³-hybridized carbons (Fsp3) is 0.875. The molecule has 0 fully saturated rings. The third-order valence-electron chi connectivity index (χ3n) is 1.74. The van der Waals surface area contributed by atoms with Crippen LogP contribution in [0.4, 0.5) is 4.79 Å². The summed E-state index contributed by atoms with van der Waals surface area (Å²) in [6.45, 7) is 2.75. The summed E-state index contributed by atoms with van der Waals surface area (Å²) < 4.78 is 0.0382. The van der Waals surface area contributed by atoms with Crippen molar-refractivity contribution in [1.29, 1.82) is 5.53 Å². The second-order valence-electron chi connectivity index (χ2n) is 2.82. The number of unbranched alkanes of at least 4 members (excludes halogenated alkanes) is 3. The summed E-state index contributed by atoms with van der Waals surface area (Å²) in [6.07, 6.45) is 4.41. The zero-order valence-electron chi connectivity index (χ0n) is 8.66. The molecule has 0 saturated carbocycles. The van der Waals surface area contributed by atoms with Crippen LogP contribution >= 0.6 is 0 Å². The van der Waals surface area contributed by atoms with Crippen molar-refractivity contribution in [2.75, 3.05) is 11.5 Å². The van der Waals surface area contributed by atoms with Crippen molar-refractivity contribution in [3.05, 3.63) is 0 Å². The number of nitrogens with zero attached hydrogens (tertiary/aromatic N) is 3. The Labute approximate surface area is 94.7 Å². The van der Waals surface area contributed by atoms with Crippen molar-refractivity contribution >= 4 is 3.91 Å². The van der Waals surface area contributed by atoms with Crippen LogP contribution in [0.2, 0.25) is 0 Å². The third-order valence-corrected chi connectivity index (χ3v) is 3.22. The SMILES string of the molecule is CCCCCCN(N=[N+]=N)C(=O)[I-]C. The van der Waals surface area contributed by atoms with E-state index in [1.165, 1.54) is 17.9 Å². The molecule has 0 radical (unpaired) electrons. The van der Waals surface area contributed by atoms with E-state index in [1.54, 1.807) is 0 Å². The summed E-state index contributed by atoms with van der Waals surface area (Å²) >= 11 is -0.484. The molecule has 82 valence electrons. The van der Waals surface area contributed by atoms with Gasteiger partial charge in [0.25, 0.3) is 0 Å². The van der Waals surface area contributed by atoms with Gasteiger partial charge in [0.15, 0.2) is 0 Å². The van der Waals surface area contributed by atoms with Crippen LogP contribution in [0.5, 0.6) is 0 Å². The molecule has 6 heteroatoms. The van der Waals surface area contributed by atoms with E-state index in [0.29, 0.717) is 6.54 Å². The van der Waals surface area contributed by atoms with E-state index in [4.69, 9.17) is 5.53 Å². The maximum absolute atomic E-state index is 11.3. The van der Waals surface area contributed by atoms with Gasteiger partial charge >= 0.3 is 94.7 Å². The fourth-order valence-electron chi connectivity index (χ4n) is 1.01. The number of nitrogens with one attached hydrogen (secondary N) is 1. The Hall–Kier alpha value is -0.490. The molecule has 0 spiro atoms. The Morgan fingerprint density at radius 3 is 2.71 bits per heavy atom. The summed E-state index contributed by atoms with van der Waals surface area (Å²) in [6, 6.07) is 0. The number of hydrogen-bond acceptors (Lipinski definition) is 3. The predicted molar refractivity (Wildman–Crippen MR) is 49.4 cm³/mol. The van der Waals surface area contributed by atoms with Crippen LogP contribution in [0.25, 0.3) is 0 Å². The van der Waals surface area contributed by atoms with Gasteiger partial charge in [-0.2, -0.15) is 0 Å². The second kappa shape index (κ2) is 9.08. The van der Waals surface area contributed by atoms with Crippen molar-refractivity contribution in [2.45, 2.75) is 32.6 Å². The number of rotatable bonds is 7. The Morgan fingerprint density at radius 1 is 1.50 bits per heavy atom. The molecule has 0 heterocycles. The number of amides is 1. The Kier molecular flexibility index (Phi) is 8.76. The minimum atomic E-state index is -0.484. The molecule has 14 heavy (non-hydrogen) atoms. The van der Waals surface area contributed by atoms with Crippen LogP contribution < -0.4 is 26.1 Å². The molecule has 0 unspecified atom stereocenters. The monoisotopic (exact) mass is 312 g/mol. The van der Waals surface area contributed by atoms with Gasteiger partial charge < -0.3 is 0 Å². The van der Waals surface area contributed by atoms with E-state index in [-0.39, 0.29) is 3.91 Å². The first-order valence-electron chi connectivity index (χ1n) is 4.64. The van der Waals surface area contributed by atoms with Gasteiger partial charge in [0.05, 0.1) is 0 Å². The van der Waals surface area contributed by atoms with Gasteiger partial charge in [-0.25, -0.2) is 0 Å². The van der Waals surface area contributed by atoms with Crippen molar-refractivity contribution in [2.24, 2.45) is 5.22 Å². The van der Waals surface area contributed by atoms with Crippen LogP contribution in [-0.2, 0) is 0 Å². The summed E-state index contributed by atoms with van der Waals surface area (Å²) in [4.78, 5) is 16.1. The van der Waals surface area contributed by atoms with Gasteiger partial charge in [-0.3, -0.25) is 0 Å². The van der Waals surface area contributed by atoms with Crippen molar-refractivity contribution in [1.82, 2.24) is 9.92 Å². The average Bonchev–Trinajstić information content (AvgIpc) is 2.21. The molecule has 1 N–H and O–H groups in total. The van der Waals surface area contributed by atoms with Gasteiger partial charge in [-0.05, 0) is 0 Å². The number of hydrogen-bond donors (Lipinski definition) is 1. The Morgan fingerprint density at radius 2 is 2.21 bits per heavy atom. The molecular formula is C8H17IN4O. The third kappa shape index (κ3) is 6.04. The first-order valence-corrected chi connectivity index (χ1v) is 7.88. The Balaban J connectivity index is 3.85. The zero-order valence-corrected chi connectivity index (χ0v) is 10.8. The maximum atomic E-state index is 11.3. The van der Waals surface area contributed by atoms with Crippen LogP contribution in [0.15, 0.2) is 5.22 Å². The molecule has 1 amide bonds. The Bertz CT molecular complexity index is 215. The minimum absolute atomic E-state index is 0.0382. The molecule has 5 nitrogen and oxygen atoms in total. The van der Waals surface area contributed by atoms with Crippen molar-refractivity contribution in [3.63, 3.8) is 0 Å². The van der Waals surface area contributed by atoms with E-state index >= 15 is 0 Å². The number of alkyl halides is 1. The van der Waals surface area contributed by atoms with Crippen molar-refractivity contribution < 1.29 is 26.0 Å². The molecule has 0 aliphatic rings. The summed E-state index contributed by atoms with van der Waals surface area (Å²) in [5, 5.41) is 4.82. The van der Waals surface area contributed by atoms with Crippen LogP contribution in [-0.4, -0.2) is 20.4 Å². The standard InChI is InChI=1S/C8H17IN4O/c1-3-4-5-6-7-13(12-11-10)8(14)9-2/h10H,3-7H2,1-2H3. The molecule has 0 saturated heterocycles. The van der Waals surface area contributed by atoms with E-state index in [1.807, 2.05) is 4.93 Å². The van der Waals surface area contributed by atoms with E-state index < -0.39 is 21.2 Å². The molecular weight excluding hydrogens is 295 g/mol. The van der Waals surface area contributed by atoms with Gasteiger partial charge in [0, 0.05) is 0 Å². The number of carbonyl (C=O) groups is 1. The molecule has 0 bridgehead atoms. The quantitative estimate of drug-likeness (QED) is 0.0957.